The fraction of sp³-hybridized carbons (Fsp3) is 0.333. The number of carbonyl (C=O) groups is 1. The molecule has 0 aromatic heterocycles. The van der Waals surface area contributed by atoms with Gasteiger partial charge in [0.1, 0.15) is 11.6 Å². The topological polar surface area (TPSA) is 62.1 Å². The fourth-order valence-corrected chi connectivity index (χ4v) is 2.06. The summed E-state index contributed by atoms with van der Waals surface area (Å²) in [7, 11) is 0. The molecule has 0 spiro atoms. The normalized spacial score (nSPS) is 11.0. The first-order chi connectivity index (χ1) is 10.1. The predicted molar refractivity (Wildman–Crippen MR) is 84.2 cm³/mol. The summed E-state index contributed by atoms with van der Waals surface area (Å²) in [6, 6.07) is 6.85. The molecule has 1 N–H and O–H groups in total. The van der Waals surface area contributed by atoms with Crippen LogP contribution in [0.25, 0.3) is 6.08 Å². The van der Waals surface area contributed by atoms with E-state index in [1.54, 1.807) is 18.2 Å². The van der Waals surface area contributed by atoms with Crippen molar-refractivity contribution in [1.82, 2.24) is 5.32 Å². The number of halogens is 2. The van der Waals surface area contributed by atoms with Crippen LogP contribution in [-0.4, -0.2) is 25.7 Å². The van der Waals surface area contributed by atoms with Crippen LogP contribution < -0.4 is 5.32 Å². The second-order valence-electron chi connectivity index (χ2n) is 4.11. The van der Waals surface area contributed by atoms with Gasteiger partial charge in [-0.25, -0.2) is 0 Å². The van der Waals surface area contributed by atoms with Crippen LogP contribution in [0, 0.1) is 11.3 Å². The van der Waals surface area contributed by atoms with E-state index < -0.39 is 5.91 Å². The first-order valence-corrected chi connectivity index (χ1v) is 7.27. The molecule has 1 amide bonds. The minimum Gasteiger partial charge on any atom is -0.382 e. The van der Waals surface area contributed by atoms with Crippen molar-refractivity contribution in [2.24, 2.45) is 0 Å². The highest BCUT2D eigenvalue weighted by Crippen LogP contribution is 2.26. The van der Waals surface area contributed by atoms with Crippen molar-refractivity contribution in [2.75, 3.05) is 19.8 Å². The molecular formula is C15H16Cl2N2O2. The molecule has 0 bridgehead atoms. The first-order valence-electron chi connectivity index (χ1n) is 6.52. The van der Waals surface area contributed by atoms with Gasteiger partial charge in [-0.1, -0.05) is 29.3 Å². The number of benzene rings is 1. The fourth-order valence-electron chi connectivity index (χ4n) is 1.56. The Bertz CT molecular complexity index is 545. The van der Waals surface area contributed by atoms with Crippen LogP contribution in [0.1, 0.15) is 18.9 Å². The number of nitriles is 1. The molecule has 6 heteroatoms. The summed E-state index contributed by atoms with van der Waals surface area (Å²) < 4.78 is 5.16. The number of nitrogens with zero attached hydrogens (tertiary/aromatic N) is 1. The van der Waals surface area contributed by atoms with Crippen LogP contribution in [-0.2, 0) is 9.53 Å². The molecule has 0 saturated carbocycles. The van der Waals surface area contributed by atoms with E-state index in [2.05, 4.69) is 5.32 Å². The monoisotopic (exact) mass is 326 g/mol. The SMILES string of the molecule is CCOCCCNC(=O)/C(C#N)=C/c1c(Cl)cccc1Cl. The molecule has 112 valence electrons. The third-order valence-electron chi connectivity index (χ3n) is 2.61. The first kappa shape index (κ1) is 17.5. The minimum absolute atomic E-state index is 0.0404. The molecule has 4 nitrogen and oxygen atoms in total. The minimum atomic E-state index is -0.454. The number of nitrogens with one attached hydrogen (secondary N) is 1. The highest BCUT2D eigenvalue weighted by Gasteiger charge is 2.11. The van der Waals surface area contributed by atoms with E-state index >= 15 is 0 Å². The Morgan fingerprint density at radius 2 is 2.10 bits per heavy atom. The van der Waals surface area contributed by atoms with E-state index in [1.807, 2.05) is 13.0 Å². The Labute approximate surface area is 134 Å². The van der Waals surface area contributed by atoms with Crippen LogP contribution in [0.15, 0.2) is 23.8 Å². The highest BCUT2D eigenvalue weighted by atomic mass is 35.5. The van der Waals surface area contributed by atoms with E-state index in [-0.39, 0.29) is 5.57 Å². The zero-order valence-corrected chi connectivity index (χ0v) is 13.2. The smallest absolute Gasteiger partial charge is 0.261 e. The maximum Gasteiger partial charge on any atom is 0.261 e. The van der Waals surface area contributed by atoms with Crippen LogP contribution >= 0.6 is 23.2 Å². The van der Waals surface area contributed by atoms with Crippen molar-refractivity contribution >= 4 is 35.2 Å². The van der Waals surface area contributed by atoms with Gasteiger partial charge in [0.2, 0.25) is 0 Å². The van der Waals surface area contributed by atoms with Crippen molar-refractivity contribution in [2.45, 2.75) is 13.3 Å². The van der Waals surface area contributed by atoms with E-state index in [4.69, 9.17) is 33.2 Å². The largest absolute Gasteiger partial charge is 0.382 e. The zero-order valence-electron chi connectivity index (χ0n) is 11.7. The van der Waals surface area contributed by atoms with E-state index in [0.29, 0.717) is 41.8 Å². The number of carbonyl (C=O) groups excluding carboxylic acids is 1. The molecule has 0 saturated heterocycles. The van der Waals surface area contributed by atoms with Gasteiger partial charge in [0.05, 0.1) is 0 Å². The molecule has 1 aromatic carbocycles. The molecule has 0 aliphatic heterocycles. The standard InChI is InChI=1S/C15H16Cl2N2O2/c1-2-21-8-4-7-19-15(20)11(10-18)9-12-13(16)5-3-6-14(12)17/h3,5-6,9H,2,4,7-8H2,1H3,(H,19,20)/b11-9+. The van der Waals surface area contributed by atoms with Gasteiger partial charge in [0, 0.05) is 35.4 Å². The van der Waals surface area contributed by atoms with Gasteiger partial charge in [-0.3, -0.25) is 4.79 Å². The average Bonchev–Trinajstić information content (AvgIpc) is 2.46. The number of ether oxygens (including phenoxy) is 1. The highest BCUT2D eigenvalue weighted by molar-refractivity contribution is 6.37. The van der Waals surface area contributed by atoms with Gasteiger partial charge in [0.25, 0.3) is 5.91 Å². The second-order valence-corrected chi connectivity index (χ2v) is 4.93. The quantitative estimate of drug-likeness (QED) is 0.474. The predicted octanol–water partition coefficient (Wildman–Crippen LogP) is 3.44. The summed E-state index contributed by atoms with van der Waals surface area (Å²) in [4.78, 5) is 11.9. The summed E-state index contributed by atoms with van der Waals surface area (Å²) in [5.74, 6) is -0.454. The van der Waals surface area contributed by atoms with Gasteiger partial charge < -0.3 is 10.1 Å². The lowest BCUT2D eigenvalue weighted by Gasteiger charge is -2.06. The maximum atomic E-state index is 11.9. The van der Waals surface area contributed by atoms with Crippen molar-refractivity contribution in [3.05, 3.63) is 39.4 Å². The summed E-state index contributed by atoms with van der Waals surface area (Å²) in [6.07, 6.45) is 2.08. The summed E-state index contributed by atoms with van der Waals surface area (Å²) in [5, 5.41) is 12.5. The Hall–Kier alpha value is -1.54. The van der Waals surface area contributed by atoms with Crippen molar-refractivity contribution in [1.29, 1.82) is 5.26 Å². The molecule has 1 aromatic rings. The molecule has 0 fully saturated rings. The summed E-state index contributed by atoms with van der Waals surface area (Å²) >= 11 is 12.0. The van der Waals surface area contributed by atoms with E-state index in [0.717, 1.165) is 0 Å². The Morgan fingerprint density at radius 3 is 2.67 bits per heavy atom. The lowest BCUT2D eigenvalue weighted by Crippen LogP contribution is -2.26. The molecule has 0 atom stereocenters. The van der Waals surface area contributed by atoms with Crippen LogP contribution in [0.2, 0.25) is 10.0 Å². The number of rotatable bonds is 7. The van der Waals surface area contributed by atoms with Crippen LogP contribution in [0.3, 0.4) is 0 Å². The summed E-state index contributed by atoms with van der Waals surface area (Å²) in [6.45, 7) is 3.55. The van der Waals surface area contributed by atoms with Crippen LogP contribution in [0.5, 0.6) is 0 Å². The van der Waals surface area contributed by atoms with Gasteiger partial charge in [-0.05, 0) is 31.6 Å². The number of amides is 1. The van der Waals surface area contributed by atoms with Gasteiger partial charge >= 0.3 is 0 Å². The van der Waals surface area contributed by atoms with E-state index in [1.165, 1.54) is 6.08 Å². The van der Waals surface area contributed by atoms with Gasteiger partial charge in [0.15, 0.2) is 0 Å². The van der Waals surface area contributed by atoms with E-state index in [9.17, 15) is 4.79 Å². The number of hydrogen-bond donors (Lipinski definition) is 1. The Kier molecular flexibility index (Phi) is 7.84. The molecule has 0 aliphatic carbocycles. The van der Waals surface area contributed by atoms with Crippen molar-refractivity contribution < 1.29 is 9.53 Å². The third-order valence-corrected chi connectivity index (χ3v) is 3.27. The lowest BCUT2D eigenvalue weighted by atomic mass is 10.1. The lowest BCUT2D eigenvalue weighted by molar-refractivity contribution is -0.117. The number of hydrogen-bond acceptors (Lipinski definition) is 3. The Morgan fingerprint density at radius 1 is 1.43 bits per heavy atom. The van der Waals surface area contributed by atoms with Crippen LogP contribution in [0.4, 0.5) is 0 Å². The zero-order chi connectivity index (χ0) is 15.7. The van der Waals surface area contributed by atoms with Gasteiger partial charge in [-0.2, -0.15) is 5.26 Å². The second kappa shape index (κ2) is 9.41. The Balaban J connectivity index is 2.72. The molecule has 0 aliphatic rings. The molecule has 0 unspecified atom stereocenters. The molecule has 0 radical (unpaired) electrons. The average molecular weight is 327 g/mol. The van der Waals surface area contributed by atoms with Crippen molar-refractivity contribution in [3.8, 4) is 6.07 Å². The van der Waals surface area contributed by atoms with Gasteiger partial charge in [-0.15, -0.1) is 0 Å². The maximum absolute atomic E-state index is 11.9. The third kappa shape index (κ3) is 5.76. The molecule has 0 heterocycles. The molecule has 21 heavy (non-hydrogen) atoms. The summed E-state index contributed by atoms with van der Waals surface area (Å²) in [5.41, 5.74) is 0.420. The van der Waals surface area contributed by atoms with Crippen molar-refractivity contribution in [3.63, 3.8) is 0 Å². The molecular weight excluding hydrogens is 311 g/mol. The molecule has 1 rings (SSSR count).